The molecular weight excluding hydrogens is 245 g/mol. The summed E-state index contributed by atoms with van der Waals surface area (Å²) in [5.41, 5.74) is 1.48. The van der Waals surface area contributed by atoms with E-state index in [-0.39, 0.29) is 5.82 Å². The lowest BCUT2D eigenvalue weighted by Crippen LogP contribution is -2.13. The number of benzene rings is 2. The lowest BCUT2D eigenvalue weighted by molar-refractivity contribution is 0.187. The molecule has 1 unspecified atom stereocenters. The number of hydrogen-bond donors (Lipinski definition) is 2. The summed E-state index contributed by atoms with van der Waals surface area (Å²) in [7, 11) is 1.57. The summed E-state index contributed by atoms with van der Waals surface area (Å²) in [6.07, 6.45) is -0.693. The van der Waals surface area contributed by atoms with Gasteiger partial charge in [-0.1, -0.05) is 18.2 Å². The summed E-state index contributed by atoms with van der Waals surface area (Å²) >= 11 is 0. The number of anilines is 1. The van der Waals surface area contributed by atoms with Gasteiger partial charge in [0.25, 0.3) is 0 Å². The third kappa shape index (κ3) is 3.45. The minimum atomic E-state index is -0.693. The predicted molar refractivity (Wildman–Crippen MR) is 72.8 cm³/mol. The normalized spacial score (nSPS) is 11.9. The van der Waals surface area contributed by atoms with E-state index in [1.165, 1.54) is 12.1 Å². The van der Waals surface area contributed by atoms with Crippen molar-refractivity contribution in [2.45, 2.75) is 6.10 Å². The van der Waals surface area contributed by atoms with Crippen LogP contribution in [0.25, 0.3) is 0 Å². The first-order chi connectivity index (χ1) is 9.20. The molecule has 0 heterocycles. The number of para-hydroxylation sites is 1. The molecule has 2 aromatic carbocycles. The van der Waals surface area contributed by atoms with Gasteiger partial charge < -0.3 is 15.2 Å². The highest BCUT2D eigenvalue weighted by Gasteiger charge is 2.12. The first kappa shape index (κ1) is 13.4. The molecule has 0 saturated heterocycles. The molecule has 3 nitrogen and oxygen atoms in total. The minimum absolute atomic E-state index is 0.282. The van der Waals surface area contributed by atoms with Gasteiger partial charge in [0.1, 0.15) is 11.6 Å². The number of hydrogen-bond acceptors (Lipinski definition) is 3. The zero-order valence-electron chi connectivity index (χ0n) is 10.6. The molecule has 2 N–H and O–H groups in total. The van der Waals surface area contributed by atoms with E-state index in [1.807, 2.05) is 18.2 Å². The molecule has 0 fully saturated rings. The highest BCUT2D eigenvalue weighted by Crippen LogP contribution is 2.24. The molecule has 4 heteroatoms. The molecule has 100 valence electrons. The Morgan fingerprint density at radius 1 is 1.16 bits per heavy atom. The van der Waals surface area contributed by atoms with Gasteiger partial charge in [0.15, 0.2) is 0 Å². The van der Waals surface area contributed by atoms with Gasteiger partial charge >= 0.3 is 0 Å². The van der Waals surface area contributed by atoms with Crippen molar-refractivity contribution in [3.8, 4) is 5.75 Å². The summed E-state index contributed by atoms with van der Waals surface area (Å²) < 4.78 is 18.0. The van der Waals surface area contributed by atoms with Crippen LogP contribution in [0, 0.1) is 5.82 Å². The summed E-state index contributed by atoms with van der Waals surface area (Å²) in [5, 5.41) is 13.2. The maximum atomic E-state index is 12.8. The van der Waals surface area contributed by atoms with Crippen LogP contribution in [0.4, 0.5) is 10.1 Å². The van der Waals surface area contributed by atoms with Crippen molar-refractivity contribution in [3.05, 3.63) is 59.9 Å². The van der Waals surface area contributed by atoms with Gasteiger partial charge in [-0.3, -0.25) is 0 Å². The van der Waals surface area contributed by atoms with Gasteiger partial charge in [0.2, 0.25) is 0 Å². The SMILES string of the molecule is COc1ccccc1C(O)CNc1ccc(F)cc1. The molecule has 0 aromatic heterocycles. The standard InChI is InChI=1S/C15H16FNO2/c1-19-15-5-3-2-4-13(15)14(18)10-17-12-8-6-11(16)7-9-12/h2-9,14,17-18H,10H2,1H3. The van der Waals surface area contributed by atoms with Crippen LogP contribution in [0.5, 0.6) is 5.75 Å². The second-order valence-corrected chi connectivity index (χ2v) is 4.15. The van der Waals surface area contributed by atoms with E-state index >= 15 is 0 Å². The maximum Gasteiger partial charge on any atom is 0.124 e. The van der Waals surface area contributed by atoms with Gasteiger partial charge in [0.05, 0.1) is 13.2 Å². The van der Waals surface area contributed by atoms with Crippen molar-refractivity contribution in [1.82, 2.24) is 0 Å². The van der Waals surface area contributed by atoms with Gasteiger partial charge in [-0.25, -0.2) is 4.39 Å². The summed E-state index contributed by atoms with van der Waals surface area (Å²) in [6.45, 7) is 0.325. The van der Waals surface area contributed by atoms with Crippen LogP contribution < -0.4 is 10.1 Å². The Morgan fingerprint density at radius 2 is 1.84 bits per heavy atom. The topological polar surface area (TPSA) is 41.5 Å². The number of nitrogens with one attached hydrogen (secondary N) is 1. The molecule has 19 heavy (non-hydrogen) atoms. The third-order valence-electron chi connectivity index (χ3n) is 2.84. The second-order valence-electron chi connectivity index (χ2n) is 4.15. The molecule has 0 amide bonds. The van der Waals surface area contributed by atoms with Crippen LogP contribution in [-0.4, -0.2) is 18.8 Å². The molecule has 2 aromatic rings. The zero-order valence-corrected chi connectivity index (χ0v) is 10.6. The number of aliphatic hydroxyl groups excluding tert-OH is 1. The van der Waals surface area contributed by atoms with Crippen molar-refractivity contribution in [2.75, 3.05) is 19.0 Å². The lowest BCUT2D eigenvalue weighted by atomic mass is 10.1. The zero-order chi connectivity index (χ0) is 13.7. The molecular formula is C15H16FNO2. The molecule has 0 saturated carbocycles. The maximum absolute atomic E-state index is 12.8. The Kier molecular flexibility index (Phi) is 4.36. The highest BCUT2D eigenvalue weighted by molar-refractivity contribution is 5.44. The van der Waals surface area contributed by atoms with E-state index in [2.05, 4.69) is 5.32 Å². The van der Waals surface area contributed by atoms with Crippen molar-refractivity contribution in [3.63, 3.8) is 0 Å². The molecule has 0 aliphatic heterocycles. The minimum Gasteiger partial charge on any atom is -0.496 e. The molecule has 0 aliphatic carbocycles. The average Bonchev–Trinajstić information content (AvgIpc) is 2.46. The summed E-state index contributed by atoms with van der Waals surface area (Å²) in [4.78, 5) is 0. The Bertz CT molecular complexity index is 528. The number of methoxy groups -OCH3 is 1. The number of rotatable bonds is 5. The predicted octanol–water partition coefficient (Wildman–Crippen LogP) is 2.98. The number of aliphatic hydroxyl groups is 1. The monoisotopic (exact) mass is 261 g/mol. The van der Waals surface area contributed by atoms with E-state index < -0.39 is 6.10 Å². The Morgan fingerprint density at radius 3 is 2.53 bits per heavy atom. The molecule has 2 rings (SSSR count). The van der Waals surface area contributed by atoms with Crippen molar-refractivity contribution in [2.24, 2.45) is 0 Å². The first-order valence-corrected chi connectivity index (χ1v) is 6.01. The van der Waals surface area contributed by atoms with Gasteiger partial charge in [-0.2, -0.15) is 0 Å². The fourth-order valence-corrected chi connectivity index (χ4v) is 1.83. The van der Waals surface area contributed by atoms with Crippen LogP contribution in [-0.2, 0) is 0 Å². The van der Waals surface area contributed by atoms with Crippen LogP contribution in [0.1, 0.15) is 11.7 Å². The fraction of sp³-hybridized carbons (Fsp3) is 0.200. The average molecular weight is 261 g/mol. The van der Waals surface area contributed by atoms with Crippen LogP contribution >= 0.6 is 0 Å². The van der Waals surface area contributed by atoms with Gasteiger partial charge in [-0.05, 0) is 30.3 Å². The van der Waals surface area contributed by atoms with E-state index in [0.29, 0.717) is 12.3 Å². The fourth-order valence-electron chi connectivity index (χ4n) is 1.83. The Labute approximate surface area is 111 Å². The third-order valence-corrected chi connectivity index (χ3v) is 2.84. The largest absolute Gasteiger partial charge is 0.496 e. The first-order valence-electron chi connectivity index (χ1n) is 6.01. The van der Waals surface area contributed by atoms with Crippen LogP contribution in [0.3, 0.4) is 0 Å². The van der Waals surface area contributed by atoms with Crippen LogP contribution in [0.15, 0.2) is 48.5 Å². The van der Waals surface area contributed by atoms with Crippen molar-refractivity contribution >= 4 is 5.69 Å². The second kappa shape index (κ2) is 6.20. The van der Waals surface area contributed by atoms with Gasteiger partial charge in [0, 0.05) is 17.8 Å². The molecule has 0 radical (unpaired) electrons. The Hall–Kier alpha value is -2.07. The molecule has 1 atom stereocenters. The summed E-state index contributed by atoms with van der Waals surface area (Å²) in [6, 6.07) is 13.3. The van der Waals surface area contributed by atoms with Crippen molar-refractivity contribution < 1.29 is 14.2 Å². The van der Waals surface area contributed by atoms with Crippen LogP contribution in [0.2, 0.25) is 0 Å². The smallest absolute Gasteiger partial charge is 0.124 e. The van der Waals surface area contributed by atoms with Crippen molar-refractivity contribution in [1.29, 1.82) is 0 Å². The lowest BCUT2D eigenvalue weighted by Gasteiger charge is -2.16. The highest BCUT2D eigenvalue weighted by atomic mass is 19.1. The Balaban J connectivity index is 2.01. The number of halogens is 1. The molecule has 0 bridgehead atoms. The molecule has 0 spiro atoms. The van der Waals surface area contributed by atoms with E-state index in [4.69, 9.17) is 4.74 Å². The van der Waals surface area contributed by atoms with Gasteiger partial charge in [-0.15, -0.1) is 0 Å². The number of ether oxygens (including phenoxy) is 1. The van der Waals surface area contributed by atoms with E-state index in [1.54, 1.807) is 25.3 Å². The molecule has 0 aliphatic rings. The quantitative estimate of drug-likeness (QED) is 0.869. The summed E-state index contributed by atoms with van der Waals surface area (Å²) in [5.74, 6) is 0.367. The van der Waals surface area contributed by atoms with E-state index in [0.717, 1.165) is 11.3 Å². The van der Waals surface area contributed by atoms with E-state index in [9.17, 15) is 9.50 Å².